The van der Waals surface area contributed by atoms with E-state index in [9.17, 15) is 0 Å². The first-order chi connectivity index (χ1) is 9.72. The number of hydrogen-bond acceptors (Lipinski definition) is 4. The van der Waals surface area contributed by atoms with Crippen molar-refractivity contribution in [3.8, 4) is 0 Å². The summed E-state index contributed by atoms with van der Waals surface area (Å²) >= 11 is 0. The Labute approximate surface area is 132 Å². The van der Waals surface area contributed by atoms with Crippen LogP contribution < -0.4 is 0 Å². The molecule has 0 aliphatic rings. The maximum absolute atomic E-state index is 6.89. The van der Waals surface area contributed by atoms with Crippen LogP contribution in [0.5, 0.6) is 0 Å². The molecular formula is C15H32N3O2P. The lowest BCUT2D eigenvalue weighted by atomic mass is 10.3. The SMILES string of the molecule is [C-]#[N+]CCOP(ON(C(C)C)C(C)C)N(C(C)C)C(C)C. The van der Waals surface area contributed by atoms with Crippen LogP contribution in [0.1, 0.15) is 55.4 Å². The highest BCUT2D eigenvalue weighted by Crippen LogP contribution is 2.47. The van der Waals surface area contributed by atoms with Gasteiger partial charge in [-0.1, -0.05) is 0 Å². The molecule has 1 atom stereocenters. The van der Waals surface area contributed by atoms with Crippen molar-refractivity contribution in [1.82, 2.24) is 9.73 Å². The maximum atomic E-state index is 6.89. The summed E-state index contributed by atoms with van der Waals surface area (Å²) < 4.78 is 14.4. The van der Waals surface area contributed by atoms with Crippen LogP contribution in [0.25, 0.3) is 4.85 Å². The summed E-state index contributed by atoms with van der Waals surface area (Å²) in [4.78, 5) is 3.35. The minimum absolute atomic E-state index is 0.278. The monoisotopic (exact) mass is 317 g/mol. The average Bonchev–Trinajstić information content (AvgIpc) is 2.33. The van der Waals surface area contributed by atoms with E-state index in [1.807, 2.05) is 5.06 Å². The normalized spacial score (nSPS) is 14.0. The van der Waals surface area contributed by atoms with E-state index < -0.39 is 8.53 Å². The zero-order valence-electron chi connectivity index (χ0n) is 14.8. The molecule has 124 valence electrons. The molecule has 6 heteroatoms. The molecular weight excluding hydrogens is 285 g/mol. The van der Waals surface area contributed by atoms with Crippen molar-refractivity contribution < 1.29 is 9.15 Å². The molecule has 0 bridgehead atoms. The first-order valence-corrected chi connectivity index (χ1v) is 8.86. The zero-order chi connectivity index (χ0) is 16.6. The lowest BCUT2D eigenvalue weighted by molar-refractivity contribution is -0.120. The standard InChI is InChI=1S/C15H32N3O2P/c1-12(2)17(13(3)4)20-21(19-11-10-16-9)18(14(5)6)15(7)8/h12-15H,10-11H2,1-8H3. The fourth-order valence-electron chi connectivity index (χ4n) is 2.14. The third-order valence-electron chi connectivity index (χ3n) is 2.83. The molecule has 0 aromatic heterocycles. The summed E-state index contributed by atoms with van der Waals surface area (Å²) in [5.74, 6) is 0. The van der Waals surface area contributed by atoms with Gasteiger partial charge < -0.3 is 9.37 Å². The molecule has 0 radical (unpaired) electrons. The zero-order valence-corrected chi connectivity index (χ0v) is 15.7. The Bertz CT molecular complexity index is 301. The van der Waals surface area contributed by atoms with Gasteiger partial charge >= 0.3 is 0 Å². The molecule has 0 saturated heterocycles. The van der Waals surface area contributed by atoms with Crippen molar-refractivity contribution >= 4 is 8.53 Å². The van der Waals surface area contributed by atoms with Gasteiger partial charge in [0.2, 0.25) is 6.54 Å². The van der Waals surface area contributed by atoms with E-state index in [1.54, 1.807) is 0 Å². The van der Waals surface area contributed by atoms with Crippen LogP contribution in [0, 0.1) is 6.57 Å². The molecule has 0 N–H and O–H groups in total. The van der Waals surface area contributed by atoms with Gasteiger partial charge in [0.1, 0.15) is 6.61 Å². The summed E-state index contributed by atoms with van der Waals surface area (Å²) in [7, 11) is -1.20. The Morgan fingerprint density at radius 3 is 1.71 bits per heavy atom. The van der Waals surface area contributed by atoms with E-state index in [4.69, 9.17) is 15.7 Å². The van der Waals surface area contributed by atoms with E-state index in [1.165, 1.54) is 0 Å². The summed E-state index contributed by atoms with van der Waals surface area (Å²) in [6.45, 7) is 24.7. The second-order valence-electron chi connectivity index (χ2n) is 6.15. The predicted molar refractivity (Wildman–Crippen MR) is 89.6 cm³/mol. The third-order valence-corrected chi connectivity index (χ3v) is 4.87. The molecule has 0 aromatic carbocycles. The third kappa shape index (κ3) is 7.54. The Kier molecular flexibility index (Phi) is 10.4. The summed E-state index contributed by atoms with van der Waals surface area (Å²) in [5.41, 5.74) is 0. The van der Waals surface area contributed by atoms with Crippen molar-refractivity contribution in [3.63, 3.8) is 0 Å². The summed E-state index contributed by atoms with van der Waals surface area (Å²) in [6, 6.07) is 1.21. The number of hydroxylamine groups is 2. The summed E-state index contributed by atoms with van der Waals surface area (Å²) in [6.07, 6.45) is 0. The Morgan fingerprint density at radius 1 is 0.905 bits per heavy atom. The highest BCUT2D eigenvalue weighted by Gasteiger charge is 2.31. The molecule has 0 aliphatic heterocycles. The Morgan fingerprint density at radius 2 is 1.38 bits per heavy atom. The minimum Gasteiger partial charge on any atom is -0.314 e. The second kappa shape index (κ2) is 10.5. The van der Waals surface area contributed by atoms with Gasteiger partial charge in [0.15, 0.2) is 0 Å². The van der Waals surface area contributed by atoms with E-state index in [-0.39, 0.29) is 12.1 Å². The van der Waals surface area contributed by atoms with Gasteiger partial charge in [-0.05, 0) is 55.4 Å². The minimum atomic E-state index is -1.20. The van der Waals surface area contributed by atoms with Crippen LogP contribution in [0.3, 0.4) is 0 Å². The van der Waals surface area contributed by atoms with Crippen LogP contribution in [0.2, 0.25) is 0 Å². The summed E-state index contributed by atoms with van der Waals surface area (Å²) in [5, 5.41) is 1.99. The van der Waals surface area contributed by atoms with Gasteiger partial charge in [0, 0.05) is 24.2 Å². The molecule has 0 saturated carbocycles. The van der Waals surface area contributed by atoms with Crippen molar-refractivity contribution in [3.05, 3.63) is 11.4 Å². The van der Waals surface area contributed by atoms with Gasteiger partial charge in [-0.3, -0.25) is 0 Å². The molecule has 0 rings (SSSR count). The highest BCUT2D eigenvalue weighted by atomic mass is 31.2. The van der Waals surface area contributed by atoms with E-state index >= 15 is 0 Å². The molecule has 0 spiro atoms. The fourth-order valence-corrected chi connectivity index (χ4v) is 3.93. The van der Waals surface area contributed by atoms with Gasteiger partial charge in [-0.25, -0.2) is 15.9 Å². The van der Waals surface area contributed by atoms with Crippen LogP contribution in [-0.2, 0) is 9.15 Å². The molecule has 1 unspecified atom stereocenters. The van der Waals surface area contributed by atoms with E-state index in [2.05, 4.69) is 64.9 Å². The van der Waals surface area contributed by atoms with Crippen molar-refractivity contribution in [2.45, 2.75) is 79.6 Å². The number of nitrogens with zero attached hydrogens (tertiary/aromatic N) is 3. The molecule has 0 aromatic rings. The van der Waals surface area contributed by atoms with Gasteiger partial charge in [0.05, 0.1) is 0 Å². The smallest absolute Gasteiger partial charge is 0.277 e. The second-order valence-corrected chi connectivity index (χ2v) is 7.51. The van der Waals surface area contributed by atoms with E-state index in [0.717, 1.165) is 0 Å². The van der Waals surface area contributed by atoms with Crippen LogP contribution in [0.15, 0.2) is 0 Å². The Hall–Kier alpha value is -0.240. The topological polar surface area (TPSA) is 29.3 Å². The highest BCUT2D eigenvalue weighted by molar-refractivity contribution is 7.44. The maximum Gasteiger partial charge on any atom is 0.277 e. The Balaban J connectivity index is 5.06. The van der Waals surface area contributed by atoms with Crippen molar-refractivity contribution in [2.24, 2.45) is 0 Å². The average molecular weight is 317 g/mol. The van der Waals surface area contributed by atoms with Gasteiger partial charge in [-0.15, -0.1) is 0 Å². The van der Waals surface area contributed by atoms with Gasteiger partial charge in [0.25, 0.3) is 8.53 Å². The largest absolute Gasteiger partial charge is 0.314 e. The quantitative estimate of drug-likeness (QED) is 0.260. The van der Waals surface area contributed by atoms with Crippen molar-refractivity contribution in [2.75, 3.05) is 13.2 Å². The first kappa shape index (κ1) is 20.8. The number of hydrogen-bond donors (Lipinski definition) is 0. The fraction of sp³-hybridized carbons (Fsp3) is 0.933. The van der Waals surface area contributed by atoms with Crippen LogP contribution in [0.4, 0.5) is 0 Å². The van der Waals surface area contributed by atoms with Crippen LogP contribution in [-0.4, -0.2) is 47.1 Å². The molecule has 0 heterocycles. The first-order valence-electron chi connectivity index (χ1n) is 7.73. The van der Waals surface area contributed by atoms with Crippen LogP contribution >= 0.6 is 8.53 Å². The molecule has 0 aliphatic carbocycles. The molecule has 21 heavy (non-hydrogen) atoms. The predicted octanol–water partition coefficient (Wildman–Crippen LogP) is 4.32. The van der Waals surface area contributed by atoms with E-state index in [0.29, 0.717) is 25.2 Å². The number of rotatable bonds is 10. The molecule has 0 amide bonds. The molecule has 5 nitrogen and oxygen atoms in total. The lowest BCUT2D eigenvalue weighted by Gasteiger charge is -2.39. The lowest BCUT2D eigenvalue weighted by Crippen LogP contribution is -2.40. The van der Waals surface area contributed by atoms with Gasteiger partial charge in [-0.2, -0.15) is 5.06 Å². The molecule has 0 fully saturated rings. The van der Waals surface area contributed by atoms with Crippen molar-refractivity contribution in [1.29, 1.82) is 0 Å².